The van der Waals surface area contributed by atoms with Crippen LogP contribution in [0.15, 0.2) is 41.5 Å². The third-order valence-corrected chi connectivity index (χ3v) is 3.03. The second-order valence-electron chi connectivity index (χ2n) is 4.23. The minimum absolute atomic E-state index is 0.0552. The molecule has 2 rings (SSSR count). The summed E-state index contributed by atoms with van der Waals surface area (Å²) < 4.78 is 0. The summed E-state index contributed by atoms with van der Waals surface area (Å²) >= 11 is 10.8. The minimum Gasteiger partial charge on any atom is -0.508 e. The highest BCUT2D eigenvalue weighted by atomic mass is 35.5. The number of rotatable bonds is 3. The highest BCUT2D eigenvalue weighted by Gasteiger charge is 2.07. The number of phenolic OH excluding ortho intramolecular Hbond substituents is 3. The third-order valence-electron chi connectivity index (χ3n) is 2.58. The Kier molecular flexibility index (Phi) is 5.03. The number of halogens is 1. The van der Waals surface area contributed by atoms with Crippen LogP contribution in [0.4, 0.5) is 5.69 Å². The van der Waals surface area contributed by atoms with Crippen molar-refractivity contribution in [2.24, 2.45) is 5.10 Å². The summed E-state index contributed by atoms with van der Waals surface area (Å²) in [6, 6.07) is 9.09. The first kappa shape index (κ1) is 15.9. The van der Waals surface area contributed by atoms with Gasteiger partial charge in [-0.2, -0.15) is 5.10 Å². The van der Waals surface area contributed by atoms with Crippen LogP contribution in [-0.2, 0) is 0 Å². The summed E-state index contributed by atoms with van der Waals surface area (Å²) in [6.45, 7) is 0. The zero-order valence-corrected chi connectivity index (χ0v) is 12.7. The number of hydrogen-bond donors (Lipinski definition) is 5. The van der Waals surface area contributed by atoms with Crippen LogP contribution in [-0.4, -0.2) is 26.6 Å². The summed E-state index contributed by atoms with van der Waals surface area (Å²) in [6.07, 6.45) is 1.18. The fraction of sp³-hybridized carbons (Fsp3) is 0. The van der Waals surface area contributed by atoms with Crippen LogP contribution in [0.5, 0.6) is 17.2 Å². The summed E-state index contributed by atoms with van der Waals surface area (Å²) in [5, 5.41) is 35.9. The molecular weight excluding hydrogens is 326 g/mol. The number of phenols is 3. The maximum atomic E-state index is 9.60. The lowest BCUT2D eigenvalue weighted by atomic mass is 10.2. The SMILES string of the molecule is Oc1cc(O)c(/C=N/NC(=S)Nc2ccc(Cl)cc2)c(O)c1. The number of nitrogens with one attached hydrogen (secondary N) is 2. The Bertz CT molecular complexity index is 697. The zero-order valence-electron chi connectivity index (χ0n) is 11.1. The van der Waals surface area contributed by atoms with E-state index in [1.807, 2.05) is 0 Å². The molecule has 6 nitrogen and oxygen atoms in total. The predicted molar refractivity (Wildman–Crippen MR) is 89.8 cm³/mol. The molecule has 0 aliphatic heterocycles. The number of hydrogen-bond acceptors (Lipinski definition) is 5. The van der Waals surface area contributed by atoms with Gasteiger partial charge in [0.1, 0.15) is 17.2 Å². The van der Waals surface area contributed by atoms with Crippen molar-refractivity contribution in [1.82, 2.24) is 5.43 Å². The molecule has 0 aliphatic rings. The number of benzene rings is 2. The molecule has 0 heterocycles. The molecule has 0 unspecified atom stereocenters. The molecule has 22 heavy (non-hydrogen) atoms. The molecule has 0 bridgehead atoms. The molecule has 8 heteroatoms. The second-order valence-corrected chi connectivity index (χ2v) is 5.07. The van der Waals surface area contributed by atoms with Crippen LogP contribution < -0.4 is 10.7 Å². The number of aromatic hydroxyl groups is 3. The van der Waals surface area contributed by atoms with Crippen molar-refractivity contribution in [3.8, 4) is 17.2 Å². The maximum Gasteiger partial charge on any atom is 0.191 e. The van der Waals surface area contributed by atoms with Gasteiger partial charge in [0.25, 0.3) is 0 Å². The lowest BCUT2D eigenvalue weighted by Crippen LogP contribution is -2.23. The van der Waals surface area contributed by atoms with E-state index in [2.05, 4.69) is 15.8 Å². The van der Waals surface area contributed by atoms with Crippen molar-refractivity contribution in [3.63, 3.8) is 0 Å². The van der Waals surface area contributed by atoms with Crippen LogP contribution in [0.2, 0.25) is 5.02 Å². The quantitative estimate of drug-likeness (QED) is 0.336. The van der Waals surface area contributed by atoms with Crippen molar-refractivity contribution < 1.29 is 15.3 Å². The lowest BCUT2D eigenvalue weighted by molar-refractivity contribution is 0.427. The molecule has 0 saturated carbocycles. The van der Waals surface area contributed by atoms with Gasteiger partial charge < -0.3 is 20.6 Å². The van der Waals surface area contributed by atoms with Gasteiger partial charge in [0, 0.05) is 22.8 Å². The van der Waals surface area contributed by atoms with Crippen molar-refractivity contribution >= 4 is 40.8 Å². The van der Waals surface area contributed by atoms with E-state index in [-0.39, 0.29) is 27.9 Å². The normalized spacial score (nSPS) is 10.6. The number of anilines is 1. The molecule has 0 aliphatic carbocycles. The molecule has 5 N–H and O–H groups in total. The van der Waals surface area contributed by atoms with Crippen LogP contribution >= 0.6 is 23.8 Å². The van der Waals surface area contributed by atoms with E-state index in [0.717, 1.165) is 17.8 Å². The highest BCUT2D eigenvalue weighted by molar-refractivity contribution is 7.80. The van der Waals surface area contributed by atoms with Crippen LogP contribution in [0.25, 0.3) is 0 Å². The number of hydrazone groups is 1. The van der Waals surface area contributed by atoms with E-state index in [1.165, 1.54) is 6.21 Å². The summed E-state index contributed by atoms with van der Waals surface area (Å²) in [5.74, 6) is -0.862. The highest BCUT2D eigenvalue weighted by Crippen LogP contribution is 2.30. The van der Waals surface area contributed by atoms with Crippen molar-refractivity contribution in [2.75, 3.05) is 5.32 Å². The molecule has 0 saturated heterocycles. The number of thiocarbonyl (C=S) groups is 1. The van der Waals surface area contributed by atoms with Gasteiger partial charge in [-0.25, -0.2) is 0 Å². The van der Waals surface area contributed by atoms with E-state index >= 15 is 0 Å². The summed E-state index contributed by atoms with van der Waals surface area (Å²) in [5.41, 5.74) is 3.32. The van der Waals surface area contributed by atoms with Crippen LogP contribution in [0, 0.1) is 0 Å². The maximum absolute atomic E-state index is 9.60. The predicted octanol–water partition coefficient (Wildman–Crippen LogP) is 2.78. The van der Waals surface area contributed by atoms with Gasteiger partial charge in [-0.3, -0.25) is 5.43 Å². The first-order valence-electron chi connectivity index (χ1n) is 6.06. The Labute approximate surface area is 136 Å². The first-order chi connectivity index (χ1) is 10.5. The standard InChI is InChI=1S/C14H12ClN3O3S/c15-8-1-3-9(4-2-8)17-14(22)18-16-7-11-12(20)5-10(19)6-13(11)21/h1-7,19-21H,(H2,17,18,22)/b16-7+. The summed E-state index contributed by atoms with van der Waals surface area (Å²) in [4.78, 5) is 0. The van der Waals surface area contributed by atoms with Gasteiger partial charge in [-0.1, -0.05) is 11.6 Å². The average molecular weight is 338 g/mol. The topological polar surface area (TPSA) is 97.1 Å². The largest absolute Gasteiger partial charge is 0.508 e. The average Bonchev–Trinajstić information content (AvgIpc) is 2.44. The van der Waals surface area contributed by atoms with E-state index in [1.54, 1.807) is 24.3 Å². The van der Waals surface area contributed by atoms with E-state index in [4.69, 9.17) is 23.8 Å². The third kappa shape index (κ3) is 4.24. The fourth-order valence-corrected chi connectivity index (χ4v) is 1.89. The van der Waals surface area contributed by atoms with E-state index < -0.39 is 0 Å². The number of nitrogens with zero attached hydrogens (tertiary/aromatic N) is 1. The zero-order chi connectivity index (χ0) is 16.1. The molecule has 0 aromatic heterocycles. The van der Waals surface area contributed by atoms with Gasteiger partial charge in [0.05, 0.1) is 11.8 Å². The molecular formula is C14H12ClN3O3S. The molecule has 2 aromatic rings. The molecule has 0 atom stereocenters. The smallest absolute Gasteiger partial charge is 0.191 e. The Morgan fingerprint density at radius 3 is 2.27 bits per heavy atom. The first-order valence-corrected chi connectivity index (χ1v) is 6.85. The van der Waals surface area contributed by atoms with Crippen molar-refractivity contribution in [3.05, 3.63) is 47.0 Å². The molecule has 0 radical (unpaired) electrons. The van der Waals surface area contributed by atoms with E-state index in [9.17, 15) is 15.3 Å². The van der Waals surface area contributed by atoms with Crippen LogP contribution in [0.3, 0.4) is 0 Å². The molecule has 2 aromatic carbocycles. The summed E-state index contributed by atoms with van der Waals surface area (Å²) in [7, 11) is 0. The molecule has 0 fully saturated rings. The van der Waals surface area contributed by atoms with Gasteiger partial charge in [0.15, 0.2) is 5.11 Å². The Balaban J connectivity index is 1.97. The molecule has 0 amide bonds. The van der Waals surface area contributed by atoms with Crippen molar-refractivity contribution in [1.29, 1.82) is 0 Å². The second kappa shape index (κ2) is 6.97. The monoisotopic (exact) mass is 337 g/mol. The van der Waals surface area contributed by atoms with Crippen LogP contribution in [0.1, 0.15) is 5.56 Å². The Morgan fingerprint density at radius 1 is 1.09 bits per heavy atom. The van der Waals surface area contributed by atoms with Gasteiger partial charge in [-0.15, -0.1) is 0 Å². The van der Waals surface area contributed by atoms with Gasteiger partial charge >= 0.3 is 0 Å². The molecule has 114 valence electrons. The van der Waals surface area contributed by atoms with Gasteiger partial charge in [0.2, 0.25) is 0 Å². The fourth-order valence-electron chi connectivity index (χ4n) is 1.59. The minimum atomic E-state index is -0.306. The van der Waals surface area contributed by atoms with Crippen molar-refractivity contribution in [2.45, 2.75) is 0 Å². The lowest BCUT2D eigenvalue weighted by Gasteiger charge is -2.07. The van der Waals surface area contributed by atoms with E-state index in [0.29, 0.717) is 5.02 Å². The Hall–Kier alpha value is -2.51. The molecule has 0 spiro atoms. The van der Waals surface area contributed by atoms with Gasteiger partial charge in [-0.05, 0) is 36.5 Å². The Morgan fingerprint density at radius 2 is 1.68 bits per heavy atom.